The van der Waals surface area contributed by atoms with Gasteiger partial charge >= 0.3 is 0 Å². The summed E-state index contributed by atoms with van der Waals surface area (Å²) in [5.74, 6) is 0.746. The second kappa shape index (κ2) is 5.15. The zero-order chi connectivity index (χ0) is 10.6. The second-order valence-corrected chi connectivity index (χ2v) is 4.27. The molecule has 1 rings (SSSR count). The highest BCUT2D eigenvalue weighted by atomic mass is 16.1. The van der Waals surface area contributed by atoms with E-state index in [1.807, 2.05) is 6.92 Å². The van der Waals surface area contributed by atoms with E-state index in [9.17, 15) is 4.79 Å². The van der Waals surface area contributed by atoms with Crippen LogP contribution in [0.5, 0.6) is 0 Å². The Morgan fingerprint density at radius 1 is 1.50 bits per heavy atom. The maximum atomic E-state index is 11.6. The number of hydrogen-bond donors (Lipinski definition) is 2. The van der Waals surface area contributed by atoms with E-state index in [1.54, 1.807) is 0 Å². The third-order valence-corrected chi connectivity index (χ3v) is 2.55. The van der Waals surface area contributed by atoms with Crippen molar-refractivity contribution in [3.05, 3.63) is 11.1 Å². The molecular weight excluding hydrogens is 176 g/mol. The highest BCUT2D eigenvalue weighted by molar-refractivity contribution is 5.93. The molecule has 0 radical (unpaired) electrons. The molecule has 1 heterocycles. The Hall–Kier alpha value is -0.830. The van der Waals surface area contributed by atoms with Gasteiger partial charge in [0.25, 0.3) is 0 Å². The highest BCUT2D eigenvalue weighted by Gasteiger charge is 2.15. The molecule has 0 aliphatic carbocycles. The van der Waals surface area contributed by atoms with Crippen LogP contribution < -0.4 is 10.6 Å². The Morgan fingerprint density at radius 3 is 2.57 bits per heavy atom. The number of nitrogens with one attached hydrogen (secondary N) is 2. The molecule has 0 bridgehead atoms. The lowest BCUT2D eigenvalue weighted by Crippen LogP contribution is -2.37. The summed E-state index contributed by atoms with van der Waals surface area (Å²) < 4.78 is 0. The van der Waals surface area contributed by atoms with Crippen LogP contribution in [0.4, 0.5) is 0 Å². The summed E-state index contributed by atoms with van der Waals surface area (Å²) in [7, 11) is 0. The standard InChI is InChI=1S/C11H20N2O/c1-8(2)4-5-13-11(14)9(3)10-6-12-7-10/h8,12H,4-7H2,1-3H3,(H,13,14). The molecule has 1 amide bonds. The van der Waals surface area contributed by atoms with E-state index in [0.29, 0.717) is 5.92 Å². The summed E-state index contributed by atoms with van der Waals surface area (Å²) in [5.41, 5.74) is 2.14. The average Bonchev–Trinajstić information content (AvgIpc) is 2.00. The van der Waals surface area contributed by atoms with Crippen molar-refractivity contribution in [1.29, 1.82) is 0 Å². The molecule has 0 aromatic rings. The largest absolute Gasteiger partial charge is 0.352 e. The summed E-state index contributed by atoms with van der Waals surface area (Å²) in [5, 5.41) is 6.07. The summed E-state index contributed by atoms with van der Waals surface area (Å²) in [6.07, 6.45) is 1.05. The van der Waals surface area contributed by atoms with Gasteiger partial charge in [0.1, 0.15) is 0 Å². The maximum absolute atomic E-state index is 11.6. The summed E-state index contributed by atoms with van der Waals surface area (Å²) in [6, 6.07) is 0. The lowest BCUT2D eigenvalue weighted by Gasteiger charge is -2.21. The molecule has 2 N–H and O–H groups in total. The molecule has 1 aliphatic heterocycles. The number of carbonyl (C=O) groups excluding carboxylic acids is 1. The fourth-order valence-electron chi connectivity index (χ4n) is 1.28. The Kier molecular flexibility index (Phi) is 4.14. The van der Waals surface area contributed by atoms with Gasteiger partial charge in [0.2, 0.25) is 5.91 Å². The van der Waals surface area contributed by atoms with E-state index in [1.165, 1.54) is 5.57 Å². The van der Waals surface area contributed by atoms with E-state index in [4.69, 9.17) is 0 Å². The minimum Gasteiger partial charge on any atom is -0.352 e. The van der Waals surface area contributed by atoms with Gasteiger partial charge < -0.3 is 10.6 Å². The molecule has 3 nitrogen and oxygen atoms in total. The third kappa shape index (κ3) is 3.14. The van der Waals surface area contributed by atoms with Gasteiger partial charge in [0.05, 0.1) is 0 Å². The van der Waals surface area contributed by atoms with Crippen LogP contribution in [0.1, 0.15) is 27.2 Å². The Balaban J connectivity index is 2.28. The van der Waals surface area contributed by atoms with Crippen molar-refractivity contribution >= 4 is 5.91 Å². The van der Waals surface area contributed by atoms with Crippen molar-refractivity contribution < 1.29 is 4.79 Å². The average molecular weight is 196 g/mol. The summed E-state index contributed by atoms with van der Waals surface area (Å²) >= 11 is 0. The molecule has 1 saturated heterocycles. The lowest BCUT2D eigenvalue weighted by atomic mass is 10.0. The molecule has 0 spiro atoms. The molecule has 80 valence electrons. The van der Waals surface area contributed by atoms with Gasteiger partial charge in [-0.1, -0.05) is 13.8 Å². The zero-order valence-electron chi connectivity index (χ0n) is 9.31. The van der Waals surface area contributed by atoms with E-state index >= 15 is 0 Å². The Bertz CT molecular complexity index is 238. The third-order valence-electron chi connectivity index (χ3n) is 2.55. The number of hydrogen-bond acceptors (Lipinski definition) is 2. The van der Waals surface area contributed by atoms with Gasteiger partial charge in [-0.2, -0.15) is 0 Å². The number of carbonyl (C=O) groups is 1. The van der Waals surface area contributed by atoms with Crippen molar-refractivity contribution in [2.75, 3.05) is 19.6 Å². The topological polar surface area (TPSA) is 41.1 Å². The van der Waals surface area contributed by atoms with Gasteiger partial charge in [0, 0.05) is 25.2 Å². The fraction of sp³-hybridized carbons (Fsp3) is 0.727. The van der Waals surface area contributed by atoms with Crippen LogP contribution in [0.25, 0.3) is 0 Å². The van der Waals surface area contributed by atoms with Crippen LogP contribution >= 0.6 is 0 Å². The molecule has 0 aromatic heterocycles. The van der Waals surface area contributed by atoms with Crippen molar-refractivity contribution in [2.45, 2.75) is 27.2 Å². The molecular formula is C11H20N2O. The zero-order valence-corrected chi connectivity index (χ0v) is 9.31. The maximum Gasteiger partial charge on any atom is 0.246 e. The quantitative estimate of drug-likeness (QED) is 0.660. The van der Waals surface area contributed by atoms with Crippen LogP contribution in [0.2, 0.25) is 0 Å². The molecule has 0 unspecified atom stereocenters. The second-order valence-electron chi connectivity index (χ2n) is 4.27. The molecule has 14 heavy (non-hydrogen) atoms. The number of amides is 1. The smallest absolute Gasteiger partial charge is 0.246 e. The van der Waals surface area contributed by atoms with Crippen LogP contribution in [-0.4, -0.2) is 25.5 Å². The van der Waals surface area contributed by atoms with Crippen LogP contribution in [0.3, 0.4) is 0 Å². The van der Waals surface area contributed by atoms with Crippen molar-refractivity contribution in [3.8, 4) is 0 Å². The Labute approximate surface area is 86.0 Å². The van der Waals surface area contributed by atoms with Crippen LogP contribution in [0.15, 0.2) is 11.1 Å². The molecule has 1 aliphatic rings. The van der Waals surface area contributed by atoms with E-state index in [0.717, 1.165) is 31.6 Å². The van der Waals surface area contributed by atoms with E-state index in [-0.39, 0.29) is 5.91 Å². The highest BCUT2D eigenvalue weighted by Crippen LogP contribution is 2.08. The summed E-state index contributed by atoms with van der Waals surface area (Å²) in [6.45, 7) is 8.77. The monoisotopic (exact) mass is 196 g/mol. The number of rotatable bonds is 4. The van der Waals surface area contributed by atoms with Crippen molar-refractivity contribution in [2.24, 2.45) is 5.92 Å². The van der Waals surface area contributed by atoms with Crippen molar-refractivity contribution in [1.82, 2.24) is 10.6 Å². The first-order valence-corrected chi connectivity index (χ1v) is 5.28. The molecule has 3 heteroatoms. The lowest BCUT2D eigenvalue weighted by molar-refractivity contribution is -0.117. The predicted octanol–water partition coefficient (Wildman–Crippen LogP) is 1.07. The van der Waals surface area contributed by atoms with Gasteiger partial charge in [-0.05, 0) is 24.8 Å². The van der Waals surface area contributed by atoms with E-state index in [2.05, 4.69) is 24.5 Å². The van der Waals surface area contributed by atoms with Crippen LogP contribution in [-0.2, 0) is 4.79 Å². The van der Waals surface area contributed by atoms with Gasteiger partial charge in [0.15, 0.2) is 0 Å². The minimum atomic E-state index is 0.0992. The van der Waals surface area contributed by atoms with Gasteiger partial charge in [-0.15, -0.1) is 0 Å². The first-order chi connectivity index (χ1) is 6.61. The predicted molar refractivity (Wildman–Crippen MR) is 58.0 cm³/mol. The first kappa shape index (κ1) is 11.2. The normalized spacial score (nSPS) is 15.3. The molecule has 0 aromatic carbocycles. The molecule has 1 fully saturated rings. The SMILES string of the molecule is CC(C(=O)NCCC(C)C)=C1CNC1. The molecule has 0 atom stereocenters. The van der Waals surface area contributed by atoms with E-state index < -0.39 is 0 Å². The van der Waals surface area contributed by atoms with Gasteiger partial charge in [-0.3, -0.25) is 4.79 Å². The van der Waals surface area contributed by atoms with Gasteiger partial charge in [-0.25, -0.2) is 0 Å². The minimum absolute atomic E-state index is 0.0992. The fourth-order valence-corrected chi connectivity index (χ4v) is 1.28. The Morgan fingerprint density at radius 2 is 2.14 bits per heavy atom. The van der Waals surface area contributed by atoms with Crippen molar-refractivity contribution in [3.63, 3.8) is 0 Å². The molecule has 0 saturated carbocycles. The van der Waals surface area contributed by atoms with Crippen LogP contribution in [0, 0.1) is 5.92 Å². The summed E-state index contributed by atoms with van der Waals surface area (Å²) in [4.78, 5) is 11.6. The first-order valence-electron chi connectivity index (χ1n) is 5.28.